The van der Waals surface area contributed by atoms with Gasteiger partial charge < -0.3 is 4.42 Å². The maximum Gasteiger partial charge on any atom is 0.276 e. The van der Waals surface area contributed by atoms with Gasteiger partial charge in [-0.15, -0.1) is 10.2 Å². The van der Waals surface area contributed by atoms with Crippen LogP contribution in [-0.2, 0) is 0 Å². The van der Waals surface area contributed by atoms with Crippen LogP contribution in [0.15, 0.2) is 51.9 Å². The molecule has 7 heteroatoms. The van der Waals surface area contributed by atoms with Crippen molar-refractivity contribution in [2.75, 3.05) is 0 Å². The van der Waals surface area contributed by atoms with Crippen LogP contribution in [0.3, 0.4) is 0 Å². The normalized spacial score (nSPS) is 12.3. The Labute approximate surface area is 133 Å². The lowest BCUT2D eigenvalue weighted by molar-refractivity contribution is 0.556. The van der Waals surface area contributed by atoms with Gasteiger partial charge in [0.15, 0.2) is 5.82 Å². The summed E-state index contributed by atoms with van der Waals surface area (Å²) in [5.74, 6) is 1.13. The van der Waals surface area contributed by atoms with Crippen LogP contribution in [0.25, 0.3) is 22.4 Å². The molecule has 0 aliphatic rings. The van der Waals surface area contributed by atoms with Gasteiger partial charge in [-0.05, 0) is 36.4 Å². The minimum absolute atomic E-state index is 0.161. The van der Waals surface area contributed by atoms with Crippen molar-refractivity contribution >= 4 is 34.0 Å². The van der Waals surface area contributed by atoms with Gasteiger partial charge in [0.25, 0.3) is 5.56 Å². The summed E-state index contributed by atoms with van der Waals surface area (Å²) >= 11 is 7.16. The molecule has 0 radical (unpaired) electrons. The predicted molar refractivity (Wildman–Crippen MR) is 85.1 cm³/mol. The van der Waals surface area contributed by atoms with Gasteiger partial charge in [0.2, 0.25) is 4.96 Å². The molecule has 0 aliphatic heterocycles. The maximum absolute atomic E-state index is 12.6. The predicted octanol–water partition coefficient (Wildman–Crippen LogP) is 2.61. The molecule has 3 aromatic heterocycles. The lowest BCUT2D eigenvalue weighted by atomic mass is 10.2. The third kappa shape index (κ3) is 2.13. The second kappa shape index (κ2) is 5.08. The molecule has 4 rings (SSSR count). The van der Waals surface area contributed by atoms with Crippen molar-refractivity contribution in [2.24, 2.45) is 0 Å². The first-order valence-corrected chi connectivity index (χ1v) is 7.61. The fraction of sp³-hybridized carbons (Fsp3) is 0. The van der Waals surface area contributed by atoms with Crippen molar-refractivity contribution in [1.82, 2.24) is 14.6 Å². The quantitative estimate of drug-likeness (QED) is 0.567. The molecule has 1 aromatic carbocycles. The van der Waals surface area contributed by atoms with Crippen LogP contribution < -0.4 is 10.1 Å². The van der Waals surface area contributed by atoms with Gasteiger partial charge in [-0.1, -0.05) is 22.9 Å². The zero-order valence-electron chi connectivity index (χ0n) is 11.1. The third-order valence-corrected chi connectivity index (χ3v) is 4.38. The summed E-state index contributed by atoms with van der Waals surface area (Å²) in [6, 6.07) is 10.7. The molecule has 0 bridgehead atoms. The van der Waals surface area contributed by atoms with Crippen molar-refractivity contribution in [3.8, 4) is 11.4 Å². The van der Waals surface area contributed by atoms with E-state index in [0.717, 1.165) is 5.56 Å². The van der Waals surface area contributed by atoms with Crippen LogP contribution >= 0.6 is 22.9 Å². The number of hydrogen-bond acceptors (Lipinski definition) is 5. The van der Waals surface area contributed by atoms with Crippen molar-refractivity contribution in [1.29, 1.82) is 0 Å². The van der Waals surface area contributed by atoms with E-state index >= 15 is 0 Å². The van der Waals surface area contributed by atoms with Gasteiger partial charge in [-0.3, -0.25) is 4.79 Å². The van der Waals surface area contributed by atoms with Gasteiger partial charge in [0, 0.05) is 16.7 Å². The average Bonchev–Trinajstić information content (AvgIpc) is 3.21. The molecule has 0 unspecified atom stereocenters. The van der Waals surface area contributed by atoms with Crippen LogP contribution in [0, 0.1) is 0 Å². The molecule has 0 N–H and O–H groups in total. The topological polar surface area (TPSA) is 60.4 Å². The molecule has 5 nitrogen and oxygen atoms in total. The Morgan fingerprint density at radius 1 is 1.18 bits per heavy atom. The molecule has 108 valence electrons. The minimum atomic E-state index is -0.161. The summed E-state index contributed by atoms with van der Waals surface area (Å²) in [5, 5.41) is 8.80. The SMILES string of the molecule is O=c1/c(=C/c2ccco2)sc2nnc(-c3ccc(Cl)cc3)n12. The molecule has 0 spiro atoms. The first-order valence-electron chi connectivity index (χ1n) is 6.41. The maximum atomic E-state index is 12.6. The minimum Gasteiger partial charge on any atom is -0.465 e. The molecule has 0 amide bonds. The van der Waals surface area contributed by atoms with Crippen molar-refractivity contribution in [2.45, 2.75) is 0 Å². The monoisotopic (exact) mass is 329 g/mol. The van der Waals surface area contributed by atoms with E-state index in [9.17, 15) is 4.79 Å². The number of nitrogens with zero attached hydrogens (tertiary/aromatic N) is 3. The Morgan fingerprint density at radius 2 is 2.00 bits per heavy atom. The van der Waals surface area contributed by atoms with Crippen molar-refractivity contribution in [3.63, 3.8) is 0 Å². The number of benzene rings is 1. The summed E-state index contributed by atoms with van der Waals surface area (Å²) in [7, 11) is 0. The second-order valence-electron chi connectivity index (χ2n) is 4.58. The zero-order valence-corrected chi connectivity index (χ0v) is 12.6. The Bertz CT molecular complexity index is 1050. The summed E-state index contributed by atoms with van der Waals surface area (Å²) in [6.07, 6.45) is 3.27. The number of halogens is 1. The smallest absolute Gasteiger partial charge is 0.276 e. The number of furan rings is 1. The summed E-state index contributed by atoms with van der Waals surface area (Å²) < 4.78 is 7.30. The first-order chi connectivity index (χ1) is 10.7. The Morgan fingerprint density at radius 3 is 2.73 bits per heavy atom. The fourth-order valence-corrected chi connectivity index (χ4v) is 3.17. The number of hydrogen-bond donors (Lipinski definition) is 0. The first kappa shape index (κ1) is 13.2. The number of thiazole rings is 1. The highest BCUT2D eigenvalue weighted by Crippen LogP contribution is 2.20. The standard InChI is InChI=1S/C15H8ClN3O2S/c16-10-5-3-9(4-6-10)13-17-18-15-19(13)14(20)12(22-15)8-11-2-1-7-21-11/h1-8H/b12-8-. The Balaban J connectivity index is 1.94. The van der Waals surface area contributed by atoms with Gasteiger partial charge >= 0.3 is 0 Å². The van der Waals surface area contributed by atoms with E-state index in [1.54, 1.807) is 36.6 Å². The molecule has 3 heterocycles. The third-order valence-electron chi connectivity index (χ3n) is 3.17. The van der Waals surface area contributed by atoms with Gasteiger partial charge in [-0.25, -0.2) is 4.40 Å². The average molecular weight is 330 g/mol. The summed E-state index contributed by atoms with van der Waals surface area (Å²) in [4.78, 5) is 13.1. The second-order valence-corrected chi connectivity index (χ2v) is 6.03. The van der Waals surface area contributed by atoms with E-state index in [0.29, 0.717) is 26.1 Å². The number of rotatable bonds is 2. The van der Waals surface area contributed by atoms with E-state index in [4.69, 9.17) is 16.0 Å². The van der Waals surface area contributed by atoms with E-state index < -0.39 is 0 Å². The lowest BCUT2D eigenvalue weighted by Crippen LogP contribution is -2.23. The fourth-order valence-electron chi connectivity index (χ4n) is 2.15. The van der Waals surface area contributed by atoms with E-state index in [1.807, 2.05) is 12.1 Å². The molecule has 0 atom stereocenters. The van der Waals surface area contributed by atoms with Crippen LogP contribution in [0.1, 0.15) is 5.76 Å². The van der Waals surface area contributed by atoms with E-state index in [1.165, 1.54) is 15.7 Å². The molecule has 22 heavy (non-hydrogen) atoms. The van der Waals surface area contributed by atoms with Crippen molar-refractivity contribution in [3.05, 3.63) is 68.3 Å². The number of aromatic nitrogens is 3. The zero-order chi connectivity index (χ0) is 15.1. The highest BCUT2D eigenvalue weighted by molar-refractivity contribution is 7.15. The molecular weight excluding hydrogens is 322 g/mol. The molecule has 0 aliphatic carbocycles. The van der Waals surface area contributed by atoms with Crippen molar-refractivity contribution < 1.29 is 4.42 Å². The highest BCUT2D eigenvalue weighted by Gasteiger charge is 2.14. The van der Waals surface area contributed by atoms with Gasteiger partial charge in [0.1, 0.15) is 10.3 Å². The van der Waals surface area contributed by atoms with Crippen LogP contribution in [-0.4, -0.2) is 14.6 Å². The van der Waals surface area contributed by atoms with Gasteiger partial charge in [-0.2, -0.15) is 0 Å². The molecule has 0 fully saturated rings. The van der Waals surface area contributed by atoms with E-state index in [-0.39, 0.29) is 5.56 Å². The summed E-state index contributed by atoms with van der Waals surface area (Å²) in [6.45, 7) is 0. The van der Waals surface area contributed by atoms with E-state index in [2.05, 4.69) is 10.2 Å². The molecular formula is C15H8ClN3O2S. The molecule has 4 aromatic rings. The Kier molecular flexibility index (Phi) is 3.06. The van der Waals surface area contributed by atoms with Crippen LogP contribution in [0.4, 0.5) is 0 Å². The molecule has 0 saturated heterocycles. The largest absolute Gasteiger partial charge is 0.465 e. The lowest BCUT2D eigenvalue weighted by Gasteiger charge is -1.96. The van der Waals surface area contributed by atoms with Crippen LogP contribution in [0.2, 0.25) is 5.02 Å². The Hall–Kier alpha value is -2.44. The van der Waals surface area contributed by atoms with Crippen LogP contribution in [0.5, 0.6) is 0 Å². The number of fused-ring (bicyclic) bond motifs is 1. The highest BCUT2D eigenvalue weighted by atomic mass is 35.5. The summed E-state index contributed by atoms with van der Waals surface area (Å²) in [5.41, 5.74) is 0.627. The van der Waals surface area contributed by atoms with Gasteiger partial charge in [0.05, 0.1) is 6.26 Å². The molecule has 0 saturated carbocycles.